The van der Waals surface area contributed by atoms with Crippen molar-refractivity contribution < 1.29 is 21.8 Å². The van der Waals surface area contributed by atoms with E-state index < -0.39 is 7.25 Å². The maximum Gasteiger partial charge on any atom is 0.673 e. The summed E-state index contributed by atoms with van der Waals surface area (Å²) < 4.78 is 41.0. The van der Waals surface area contributed by atoms with Crippen molar-refractivity contribution in [1.29, 1.82) is 0 Å². The van der Waals surface area contributed by atoms with E-state index >= 15 is 0 Å². The smallest absolute Gasteiger partial charge is 0.418 e. The van der Waals surface area contributed by atoms with Gasteiger partial charge in [-0.1, -0.05) is 36.4 Å². The van der Waals surface area contributed by atoms with Gasteiger partial charge < -0.3 is 17.3 Å². The Morgan fingerprint density at radius 3 is 1.79 bits per heavy atom. The van der Waals surface area contributed by atoms with Gasteiger partial charge in [0, 0.05) is 18.2 Å². The van der Waals surface area contributed by atoms with Crippen molar-refractivity contribution in [3.63, 3.8) is 0 Å². The van der Waals surface area contributed by atoms with Gasteiger partial charge in [-0.3, -0.25) is 0 Å². The van der Waals surface area contributed by atoms with E-state index in [1.165, 1.54) is 5.56 Å². The van der Waals surface area contributed by atoms with Crippen LogP contribution in [0.15, 0.2) is 60.9 Å². The number of hydrogen-bond donors (Lipinski definition) is 0. The van der Waals surface area contributed by atoms with Crippen LogP contribution in [0.4, 0.5) is 17.3 Å². The molecule has 1 nitrogen and oxygen atoms in total. The van der Waals surface area contributed by atoms with E-state index in [1.54, 1.807) is 0 Å². The van der Waals surface area contributed by atoms with Gasteiger partial charge in [0.1, 0.15) is 0 Å². The molecule has 0 aliphatic rings. The molecule has 1 aromatic carbocycles. The lowest BCUT2D eigenvalue weighted by molar-refractivity contribution is -0.567. The maximum absolute atomic E-state index is 9.75. The molecule has 100 valence electrons. The lowest BCUT2D eigenvalue weighted by Gasteiger charge is -1.94. The molecule has 0 bridgehead atoms. The summed E-state index contributed by atoms with van der Waals surface area (Å²) in [6, 6.07) is 16.3. The van der Waals surface area contributed by atoms with Gasteiger partial charge in [-0.25, -0.2) is 0 Å². The second-order valence-corrected chi connectivity index (χ2v) is 3.54. The van der Waals surface area contributed by atoms with Crippen molar-refractivity contribution in [1.82, 2.24) is 0 Å². The van der Waals surface area contributed by atoms with Crippen molar-refractivity contribution in [3.8, 4) is 0 Å². The maximum atomic E-state index is 9.75. The fourth-order valence-electron chi connectivity index (χ4n) is 1.25. The van der Waals surface area contributed by atoms with E-state index in [0.29, 0.717) is 0 Å². The molecule has 0 spiro atoms. The zero-order chi connectivity index (χ0) is 14.1. The molecule has 0 aliphatic heterocycles. The van der Waals surface area contributed by atoms with Crippen molar-refractivity contribution in [2.24, 2.45) is 0 Å². The van der Waals surface area contributed by atoms with Crippen LogP contribution in [0.2, 0.25) is 0 Å². The molecule has 2 rings (SSSR count). The number of hydrogen-bond acceptors (Lipinski definition) is 0. The number of benzene rings is 1. The highest BCUT2D eigenvalue weighted by molar-refractivity contribution is 6.50. The van der Waals surface area contributed by atoms with Crippen LogP contribution in [-0.2, 0) is 0 Å². The van der Waals surface area contributed by atoms with Gasteiger partial charge in [0.2, 0.25) is 0 Å². The summed E-state index contributed by atoms with van der Waals surface area (Å²) in [4.78, 5) is 0. The summed E-state index contributed by atoms with van der Waals surface area (Å²) >= 11 is 0. The molecule has 6 heteroatoms. The van der Waals surface area contributed by atoms with Crippen LogP contribution in [-0.4, -0.2) is 7.25 Å². The van der Waals surface area contributed by atoms with Crippen LogP contribution in [0.25, 0.3) is 12.3 Å². The Kier molecular flexibility index (Phi) is 5.79. The van der Waals surface area contributed by atoms with Crippen molar-refractivity contribution >= 4 is 19.5 Å². The monoisotopic (exact) mass is 269 g/mol. The van der Waals surface area contributed by atoms with Gasteiger partial charge in [-0.2, -0.15) is 4.57 Å². The van der Waals surface area contributed by atoms with Gasteiger partial charge in [0.05, 0.1) is 0 Å². The average Bonchev–Trinajstić information content (AvgIpc) is 2.37. The van der Waals surface area contributed by atoms with Crippen molar-refractivity contribution in [3.05, 3.63) is 66.5 Å². The van der Waals surface area contributed by atoms with Gasteiger partial charge in [0.25, 0.3) is 0 Å². The topological polar surface area (TPSA) is 3.88 Å². The Morgan fingerprint density at radius 1 is 0.789 bits per heavy atom. The molecule has 0 saturated heterocycles. The molecule has 1 heterocycles. The number of aromatic nitrogens is 1. The van der Waals surface area contributed by atoms with Crippen LogP contribution in [0, 0.1) is 0 Å². The summed E-state index contributed by atoms with van der Waals surface area (Å²) in [5.74, 6) is 0. The fourth-order valence-corrected chi connectivity index (χ4v) is 1.25. The summed E-state index contributed by atoms with van der Waals surface area (Å²) in [6.07, 6.45) is 8.15. The second kappa shape index (κ2) is 7.36. The fraction of sp³-hybridized carbons (Fsp3) is 0. The minimum atomic E-state index is -6.00. The third kappa shape index (κ3) is 8.60. The molecule has 0 radical (unpaired) electrons. The lowest BCUT2D eigenvalue weighted by Crippen LogP contribution is -2.23. The van der Waals surface area contributed by atoms with E-state index in [-0.39, 0.29) is 0 Å². The highest BCUT2D eigenvalue weighted by Crippen LogP contribution is 2.06. The van der Waals surface area contributed by atoms with Crippen LogP contribution < -0.4 is 4.57 Å². The Balaban J connectivity index is 0.000000312. The highest BCUT2D eigenvalue weighted by atomic mass is 19.5. The molecule has 0 N–H and O–H groups in total. The van der Waals surface area contributed by atoms with Crippen LogP contribution in [0.1, 0.15) is 5.56 Å². The molecular weight excluding hydrogens is 257 g/mol. The largest absolute Gasteiger partial charge is 0.673 e. The molecule has 0 aliphatic carbocycles. The van der Waals surface area contributed by atoms with E-state index in [0.717, 1.165) is 0 Å². The first-order chi connectivity index (χ1) is 8.95. The zero-order valence-corrected chi connectivity index (χ0v) is 9.96. The van der Waals surface area contributed by atoms with E-state index in [2.05, 4.69) is 18.2 Å². The second-order valence-electron chi connectivity index (χ2n) is 3.54. The summed E-state index contributed by atoms with van der Waals surface area (Å²) in [6.45, 7) is 0. The lowest BCUT2D eigenvalue weighted by atomic mass is 10.2. The van der Waals surface area contributed by atoms with E-state index in [4.69, 9.17) is 0 Å². The van der Waals surface area contributed by atoms with Gasteiger partial charge in [0.15, 0.2) is 18.6 Å². The summed E-state index contributed by atoms with van der Waals surface area (Å²) in [5.41, 5.74) is 1.21. The zero-order valence-electron chi connectivity index (χ0n) is 9.96. The van der Waals surface area contributed by atoms with E-state index in [9.17, 15) is 17.3 Å². The van der Waals surface area contributed by atoms with Crippen molar-refractivity contribution in [2.75, 3.05) is 0 Å². The summed E-state index contributed by atoms with van der Waals surface area (Å²) in [5, 5.41) is 0. The predicted octanol–water partition coefficient (Wildman–Crippen LogP) is 3.90. The number of halogens is 4. The number of rotatable bonds is 2. The minimum Gasteiger partial charge on any atom is -0.418 e. The van der Waals surface area contributed by atoms with Gasteiger partial charge >= 0.3 is 7.25 Å². The third-order valence-corrected chi connectivity index (χ3v) is 1.98. The standard InChI is InChI=1S/C13H12N.BF4/c1-3-7-13(8-4-1)9-12-14-10-5-2-6-11-14;2-1(3,4)5/h1-12H;/q+1;-1. The molecule has 0 amide bonds. The van der Waals surface area contributed by atoms with Crippen LogP contribution in [0.3, 0.4) is 0 Å². The van der Waals surface area contributed by atoms with Crippen LogP contribution >= 0.6 is 0 Å². The summed E-state index contributed by atoms with van der Waals surface area (Å²) in [7, 11) is -6.00. The Morgan fingerprint density at radius 2 is 1.26 bits per heavy atom. The minimum absolute atomic E-state index is 1.21. The molecule has 0 unspecified atom stereocenters. The first-order valence-corrected chi connectivity index (χ1v) is 5.51. The highest BCUT2D eigenvalue weighted by Gasteiger charge is 2.20. The molecule has 0 atom stereocenters. The normalized spacial score (nSPS) is 10.9. The first kappa shape index (κ1) is 15.0. The third-order valence-electron chi connectivity index (χ3n) is 1.98. The van der Waals surface area contributed by atoms with Crippen molar-refractivity contribution in [2.45, 2.75) is 0 Å². The molecule has 2 aromatic rings. The van der Waals surface area contributed by atoms with Gasteiger partial charge in [-0.05, 0) is 5.56 Å². The van der Waals surface area contributed by atoms with E-state index in [1.807, 2.05) is 59.6 Å². The molecular formula is C13H12BF4N. The molecule has 19 heavy (non-hydrogen) atoms. The average molecular weight is 269 g/mol. The quantitative estimate of drug-likeness (QED) is 0.442. The number of pyridine rings is 1. The molecule has 0 saturated carbocycles. The Labute approximate surface area is 108 Å². The first-order valence-electron chi connectivity index (χ1n) is 5.51. The Bertz CT molecular complexity index is 450. The number of nitrogens with zero attached hydrogens (tertiary/aromatic N) is 1. The van der Waals surface area contributed by atoms with Gasteiger partial charge in [-0.15, -0.1) is 0 Å². The Hall–Kier alpha value is -2.11. The SMILES string of the molecule is C(=C[n+]1ccccc1)c1ccccc1.F[B-](F)(F)F. The molecule has 1 aromatic heterocycles. The molecule has 0 fully saturated rings. The van der Waals surface area contributed by atoms with Crippen LogP contribution in [0.5, 0.6) is 0 Å². The predicted molar refractivity (Wildman–Crippen MR) is 68.5 cm³/mol.